The standard InChI is InChI=1S/C30H26N2O2S/c1-19-8-7-11-25(16-19)29-26(17-31)30(32-20(2)28(29)21(3)33)35-18-27(34)24-14-12-23(13-15-24)22-9-5-4-6-10-22/h4-16,29,32H,18H2,1-3H3. The molecule has 1 unspecified atom stereocenters. The Balaban J connectivity index is 1.58. The number of rotatable bonds is 7. The van der Waals surface area contributed by atoms with E-state index in [0.29, 0.717) is 27.4 Å². The number of Topliss-reactive ketones (excluding diaryl/α,β-unsaturated/α-hetero) is 2. The number of benzene rings is 3. The molecule has 0 saturated heterocycles. The Morgan fingerprint density at radius 1 is 0.943 bits per heavy atom. The predicted octanol–water partition coefficient (Wildman–Crippen LogP) is 6.56. The quantitative estimate of drug-likeness (QED) is 0.389. The molecule has 35 heavy (non-hydrogen) atoms. The van der Waals surface area contributed by atoms with Gasteiger partial charge in [0.05, 0.1) is 28.3 Å². The van der Waals surface area contributed by atoms with E-state index in [-0.39, 0.29) is 17.3 Å². The second-order valence-electron chi connectivity index (χ2n) is 8.58. The third-order valence-corrected chi connectivity index (χ3v) is 7.08. The van der Waals surface area contributed by atoms with Gasteiger partial charge in [-0.25, -0.2) is 0 Å². The van der Waals surface area contributed by atoms with Crippen LogP contribution in [0, 0.1) is 18.3 Å². The second-order valence-corrected chi connectivity index (χ2v) is 9.56. The van der Waals surface area contributed by atoms with Crippen LogP contribution in [0.25, 0.3) is 11.1 Å². The van der Waals surface area contributed by atoms with Gasteiger partial charge in [0, 0.05) is 16.8 Å². The molecule has 0 amide bonds. The lowest BCUT2D eigenvalue weighted by Crippen LogP contribution is -2.27. The summed E-state index contributed by atoms with van der Waals surface area (Å²) in [6.07, 6.45) is 0. The van der Waals surface area contributed by atoms with Crippen molar-refractivity contribution in [3.8, 4) is 17.2 Å². The van der Waals surface area contributed by atoms with Crippen molar-refractivity contribution in [2.75, 3.05) is 5.75 Å². The molecule has 1 N–H and O–H groups in total. The molecule has 1 heterocycles. The van der Waals surface area contributed by atoms with Crippen molar-refractivity contribution in [1.82, 2.24) is 5.32 Å². The molecule has 0 bridgehead atoms. The summed E-state index contributed by atoms with van der Waals surface area (Å²) in [4.78, 5) is 25.5. The summed E-state index contributed by atoms with van der Waals surface area (Å²) in [5.74, 6) is -0.372. The summed E-state index contributed by atoms with van der Waals surface area (Å²) in [6, 6.07) is 27.8. The molecular formula is C30H26N2O2S. The van der Waals surface area contributed by atoms with Gasteiger partial charge in [-0.1, -0.05) is 96.2 Å². The van der Waals surface area contributed by atoms with Gasteiger partial charge in [-0.15, -0.1) is 0 Å². The first-order valence-electron chi connectivity index (χ1n) is 11.4. The number of allylic oxidation sites excluding steroid dienone is 3. The molecular weight excluding hydrogens is 452 g/mol. The van der Waals surface area contributed by atoms with Gasteiger partial charge in [-0.2, -0.15) is 5.26 Å². The molecule has 0 fully saturated rings. The first-order valence-corrected chi connectivity index (χ1v) is 12.4. The maximum absolute atomic E-state index is 13.0. The van der Waals surface area contributed by atoms with Gasteiger partial charge >= 0.3 is 0 Å². The highest BCUT2D eigenvalue weighted by Gasteiger charge is 2.33. The number of hydrogen-bond acceptors (Lipinski definition) is 5. The Hall–Kier alpha value is -3.88. The zero-order valence-corrected chi connectivity index (χ0v) is 20.8. The highest BCUT2D eigenvalue weighted by molar-refractivity contribution is 8.03. The minimum atomic E-state index is -0.457. The van der Waals surface area contributed by atoms with E-state index in [1.54, 1.807) is 0 Å². The molecule has 0 aliphatic carbocycles. The van der Waals surface area contributed by atoms with Gasteiger partial charge < -0.3 is 5.32 Å². The molecule has 3 aromatic rings. The zero-order valence-electron chi connectivity index (χ0n) is 20.0. The van der Waals surface area contributed by atoms with Gasteiger partial charge in [-0.3, -0.25) is 9.59 Å². The molecule has 5 heteroatoms. The van der Waals surface area contributed by atoms with Crippen LogP contribution >= 0.6 is 11.8 Å². The van der Waals surface area contributed by atoms with E-state index < -0.39 is 5.92 Å². The average molecular weight is 479 g/mol. The zero-order chi connectivity index (χ0) is 24.9. The maximum atomic E-state index is 13.0. The number of carbonyl (C=O) groups excluding carboxylic acids is 2. The topological polar surface area (TPSA) is 70.0 Å². The van der Waals surface area contributed by atoms with Gasteiger partial charge in [0.15, 0.2) is 11.6 Å². The molecule has 4 nitrogen and oxygen atoms in total. The van der Waals surface area contributed by atoms with Crippen LogP contribution in [0.2, 0.25) is 0 Å². The molecule has 0 spiro atoms. The van der Waals surface area contributed by atoms with Crippen molar-refractivity contribution in [2.45, 2.75) is 26.7 Å². The number of ketones is 2. The normalized spacial score (nSPS) is 15.4. The SMILES string of the molecule is CC(=O)C1=C(C)NC(SCC(=O)c2ccc(-c3ccccc3)cc2)=C(C#N)C1c1cccc(C)c1. The van der Waals surface area contributed by atoms with Gasteiger partial charge in [0.25, 0.3) is 0 Å². The van der Waals surface area contributed by atoms with E-state index in [2.05, 4.69) is 11.4 Å². The summed E-state index contributed by atoms with van der Waals surface area (Å²) < 4.78 is 0. The molecule has 0 aromatic heterocycles. The Labute approximate surface area is 210 Å². The molecule has 1 atom stereocenters. The fraction of sp³-hybridized carbons (Fsp3) is 0.167. The predicted molar refractivity (Wildman–Crippen MR) is 142 cm³/mol. The van der Waals surface area contributed by atoms with E-state index in [1.165, 1.54) is 18.7 Å². The highest BCUT2D eigenvalue weighted by atomic mass is 32.2. The number of dihydropyridines is 1. The molecule has 1 aliphatic heterocycles. The van der Waals surface area contributed by atoms with Gasteiger partial charge in [0.1, 0.15) is 0 Å². The molecule has 0 saturated carbocycles. The lowest BCUT2D eigenvalue weighted by molar-refractivity contribution is -0.113. The Kier molecular flexibility index (Phi) is 7.33. The summed E-state index contributed by atoms with van der Waals surface area (Å²) >= 11 is 1.30. The number of carbonyl (C=O) groups is 2. The Morgan fingerprint density at radius 3 is 2.26 bits per heavy atom. The van der Waals surface area contributed by atoms with Crippen LogP contribution in [0.3, 0.4) is 0 Å². The van der Waals surface area contributed by atoms with Gasteiger partial charge in [-0.05, 0) is 37.5 Å². The van der Waals surface area contributed by atoms with Crippen LogP contribution in [0.15, 0.2) is 101 Å². The van der Waals surface area contributed by atoms with Crippen molar-refractivity contribution in [2.24, 2.45) is 0 Å². The van der Waals surface area contributed by atoms with Crippen LogP contribution in [-0.4, -0.2) is 17.3 Å². The van der Waals surface area contributed by atoms with E-state index >= 15 is 0 Å². The van der Waals surface area contributed by atoms with E-state index in [0.717, 1.165) is 22.3 Å². The van der Waals surface area contributed by atoms with Crippen LogP contribution in [0.4, 0.5) is 0 Å². The minimum Gasteiger partial charge on any atom is -0.353 e. The summed E-state index contributed by atoms with van der Waals surface area (Å²) in [6.45, 7) is 5.36. The van der Waals surface area contributed by atoms with Crippen molar-refractivity contribution >= 4 is 23.3 Å². The third kappa shape index (κ3) is 5.29. The van der Waals surface area contributed by atoms with Crippen LogP contribution in [0.1, 0.15) is 41.3 Å². The van der Waals surface area contributed by atoms with Crippen LogP contribution in [0.5, 0.6) is 0 Å². The van der Waals surface area contributed by atoms with E-state index in [1.807, 2.05) is 92.7 Å². The van der Waals surface area contributed by atoms with Crippen LogP contribution in [-0.2, 0) is 4.79 Å². The first-order chi connectivity index (χ1) is 16.9. The monoisotopic (exact) mass is 478 g/mol. The number of hydrogen-bond donors (Lipinski definition) is 1. The number of nitrogens with zero attached hydrogens (tertiary/aromatic N) is 1. The van der Waals surface area contributed by atoms with Crippen LogP contribution < -0.4 is 5.32 Å². The lowest BCUT2D eigenvalue weighted by atomic mass is 9.80. The number of nitriles is 1. The molecule has 4 rings (SSSR count). The maximum Gasteiger partial charge on any atom is 0.173 e. The first kappa shape index (κ1) is 24.3. The molecule has 174 valence electrons. The minimum absolute atomic E-state index is 0.0210. The Bertz CT molecular complexity index is 1380. The van der Waals surface area contributed by atoms with Crippen molar-refractivity contribution in [3.05, 3.63) is 117 Å². The Morgan fingerprint density at radius 2 is 1.63 bits per heavy atom. The van der Waals surface area contributed by atoms with Gasteiger partial charge in [0.2, 0.25) is 0 Å². The summed E-state index contributed by atoms with van der Waals surface area (Å²) in [5, 5.41) is 13.9. The average Bonchev–Trinajstić information content (AvgIpc) is 2.87. The third-order valence-electron chi connectivity index (χ3n) is 6.06. The molecule has 1 aliphatic rings. The van der Waals surface area contributed by atoms with Crippen molar-refractivity contribution in [3.63, 3.8) is 0 Å². The van der Waals surface area contributed by atoms with E-state index in [9.17, 15) is 14.9 Å². The lowest BCUT2D eigenvalue weighted by Gasteiger charge is -2.29. The molecule has 3 aromatic carbocycles. The fourth-order valence-corrected chi connectivity index (χ4v) is 5.36. The van der Waals surface area contributed by atoms with Crippen molar-refractivity contribution < 1.29 is 9.59 Å². The second kappa shape index (κ2) is 10.6. The highest BCUT2D eigenvalue weighted by Crippen LogP contribution is 2.41. The largest absolute Gasteiger partial charge is 0.353 e. The fourth-order valence-electron chi connectivity index (χ4n) is 4.38. The summed E-state index contributed by atoms with van der Waals surface area (Å²) in [5.41, 5.74) is 6.49. The van der Waals surface area contributed by atoms with E-state index in [4.69, 9.17) is 0 Å². The summed E-state index contributed by atoms with van der Waals surface area (Å²) in [7, 11) is 0. The smallest absolute Gasteiger partial charge is 0.173 e. The number of thioether (sulfide) groups is 1. The number of nitrogens with one attached hydrogen (secondary N) is 1. The number of aryl methyl sites for hydroxylation is 1. The van der Waals surface area contributed by atoms with Crippen molar-refractivity contribution in [1.29, 1.82) is 5.26 Å². The molecule has 0 radical (unpaired) electrons.